The van der Waals surface area contributed by atoms with Gasteiger partial charge in [0.25, 0.3) is 0 Å². The minimum Gasteiger partial charge on any atom is -0.446 e. The molecule has 2 saturated heterocycles. The number of nitrogens with zero attached hydrogens (tertiary/aromatic N) is 3. The number of carbonyl (C=O) groups excluding carboxylic acids is 3. The Morgan fingerprint density at radius 1 is 1.22 bits per heavy atom. The van der Waals surface area contributed by atoms with Crippen molar-refractivity contribution in [3.63, 3.8) is 0 Å². The first-order valence-electron chi connectivity index (χ1n) is 12.3. The van der Waals surface area contributed by atoms with Gasteiger partial charge >= 0.3 is 6.09 Å². The summed E-state index contributed by atoms with van der Waals surface area (Å²) in [5, 5.41) is 12.4. The van der Waals surface area contributed by atoms with Gasteiger partial charge in [0.2, 0.25) is 5.91 Å². The summed E-state index contributed by atoms with van der Waals surface area (Å²) >= 11 is 0. The second-order valence-corrected chi connectivity index (χ2v) is 10.4. The number of nitriles is 1. The number of piperidine rings is 1. The van der Waals surface area contributed by atoms with Gasteiger partial charge in [0, 0.05) is 32.0 Å². The molecule has 4 fully saturated rings. The van der Waals surface area contributed by atoms with Gasteiger partial charge in [-0.3, -0.25) is 14.5 Å². The van der Waals surface area contributed by atoms with Gasteiger partial charge in [0.05, 0.1) is 6.07 Å². The summed E-state index contributed by atoms with van der Waals surface area (Å²) in [7, 11) is 2.06. The zero-order chi connectivity index (χ0) is 22.7. The van der Waals surface area contributed by atoms with Crippen molar-refractivity contribution in [1.82, 2.24) is 15.1 Å². The van der Waals surface area contributed by atoms with Crippen LogP contribution in [-0.4, -0.2) is 72.5 Å². The highest BCUT2D eigenvalue weighted by atomic mass is 16.6. The second-order valence-electron chi connectivity index (χ2n) is 10.4. The Labute approximate surface area is 190 Å². The first-order chi connectivity index (χ1) is 15.4. The lowest BCUT2D eigenvalue weighted by atomic mass is 9.84. The normalized spacial score (nSPS) is 29.2. The van der Waals surface area contributed by atoms with E-state index in [9.17, 15) is 19.6 Å². The van der Waals surface area contributed by atoms with Gasteiger partial charge < -0.3 is 15.0 Å². The molecule has 3 atom stereocenters. The van der Waals surface area contributed by atoms with E-state index in [1.807, 2.05) is 0 Å². The van der Waals surface area contributed by atoms with Crippen molar-refractivity contribution in [1.29, 1.82) is 5.26 Å². The standard InChI is InChI=1S/C24H36N4O4/c1-27-11-7-19(8-12-27)32-23(31)28-16-24(9-2-3-10-24)14-20(28)22(30)26-18(15-25)13-17-5-4-6-21(17)29/h17-20H,2-14,16H2,1H3,(H,26,30). The van der Waals surface area contributed by atoms with E-state index in [1.54, 1.807) is 4.90 Å². The minimum absolute atomic E-state index is 0.0165. The summed E-state index contributed by atoms with van der Waals surface area (Å²) in [6, 6.07) is 0.839. The third-order valence-electron chi connectivity index (χ3n) is 8.07. The zero-order valence-corrected chi connectivity index (χ0v) is 19.2. The van der Waals surface area contributed by atoms with E-state index >= 15 is 0 Å². The lowest BCUT2D eigenvalue weighted by Gasteiger charge is -2.31. The predicted molar refractivity (Wildman–Crippen MR) is 118 cm³/mol. The number of rotatable bonds is 5. The number of hydrogen-bond donors (Lipinski definition) is 1. The number of Topliss-reactive ketones (excluding diaryl/α,β-unsaturated/α-hetero) is 1. The molecule has 2 heterocycles. The van der Waals surface area contributed by atoms with Crippen LogP contribution < -0.4 is 5.32 Å². The molecule has 0 aromatic heterocycles. The average Bonchev–Trinajstić information content (AvgIpc) is 3.51. The van der Waals surface area contributed by atoms with E-state index in [0.717, 1.165) is 64.5 Å². The molecule has 8 heteroatoms. The molecule has 3 unspecified atom stereocenters. The molecule has 8 nitrogen and oxygen atoms in total. The predicted octanol–water partition coefficient (Wildman–Crippen LogP) is 2.62. The quantitative estimate of drug-likeness (QED) is 0.699. The molecule has 4 rings (SSSR count). The highest BCUT2D eigenvalue weighted by Crippen LogP contribution is 2.48. The fourth-order valence-electron chi connectivity index (χ4n) is 6.12. The molecule has 176 valence electrons. The van der Waals surface area contributed by atoms with Crippen LogP contribution in [0.1, 0.15) is 70.6 Å². The van der Waals surface area contributed by atoms with Crippen molar-refractivity contribution in [3.8, 4) is 6.07 Å². The molecule has 0 aromatic carbocycles. The Hall–Kier alpha value is -2.14. The highest BCUT2D eigenvalue weighted by molar-refractivity contribution is 5.87. The summed E-state index contributed by atoms with van der Waals surface area (Å²) in [4.78, 5) is 42.2. The topological polar surface area (TPSA) is 103 Å². The number of nitrogens with one attached hydrogen (secondary N) is 1. The maximum Gasteiger partial charge on any atom is 0.410 e. The maximum atomic E-state index is 13.3. The number of amides is 2. The van der Waals surface area contributed by atoms with Crippen LogP contribution in [0.5, 0.6) is 0 Å². The number of ketones is 1. The number of likely N-dealkylation sites (tertiary alicyclic amines) is 2. The molecule has 2 amide bonds. The van der Waals surface area contributed by atoms with Crippen LogP contribution in [0.3, 0.4) is 0 Å². The summed E-state index contributed by atoms with van der Waals surface area (Å²) in [6.45, 7) is 2.35. The molecule has 1 N–H and O–H groups in total. The monoisotopic (exact) mass is 444 g/mol. The second kappa shape index (κ2) is 9.78. The van der Waals surface area contributed by atoms with Gasteiger partial charge in [0.15, 0.2) is 0 Å². The van der Waals surface area contributed by atoms with E-state index in [-0.39, 0.29) is 29.1 Å². The first-order valence-corrected chi connectivity index (χ1v) is 12.3. The van der Waals surface area contributed by atoms with Crippen molar-refractivity contribution in [2.24, 2.45) is 11.3 Å². The molecular formula is C24H36N4O4. The smallest absolute Gasteiger partial charge is 0.410 e. The van der Waals surface area contributed by atoms with Crippen molar-refractivity contribution in [2.45, 2.75) is 88.8 Å². The molecule has 0 radical (unpaired) electrons. The van der Waals surface area contributed by atoms with Crippen LogP contribution in [0.2, 0.25) is 0 Å². The minimum atomic E-state index is -0.707. The van der Waals surface area contributed by atoms with Crippen molar-refractivity contribution >= 4 is 17.8 Å². The van der Waals surface area contributed by atoms with Gasteiger partial charge in [-0.15, -0.1) is 0 Å². The zero-order valence-electron chi connectivity index (χ0n) is 19.2. The Morgan fingerprint density at radius 3 is 2.56 bits per heavy atom. The highest BCUT2D eigenvalue weighted by Gasteiger charge is 2.50. The molecule has 2 aliphatic heterocycles. The summed E-state index contributed by atoms with van der Waals surface area (Å²) in [5.41, 5.74) is -0.0165. The first kappa shape index (κ1) is 23.0. The SMILES string of the molecule is CN1CCC(OC(=O)N2CC3(CCCC3)CC2C(=O)NC(C#N)CC2CCCC2=O)CC1. The lowest BCUT2D eigenvalue weighted by Crippen LogP contribution is -2.50. The van der Waals surface area contributed by atoms with Crippen LogP contribution in [0.25, 0.3) is 0 Å². The van der Waals surface area contributed by atoms with Gasteiger partial charge in [-0.2, -0.15) is 5.26 Å². The van der Waals surface area contributed by atoms with Crippen LogP contribution in [-0.2, 0) is 14.3 Å². The molecule has 4 aliphatic rings. The Balaban J connectivity index is 1.41. The third-order valence-corrected chi connectivity index (χ3v) is 8.07. The van der Waals surface area contributed by atoms with Crippen LogP contribution >= 0.6 is 0 Å². The van der Waals surface area contributed by atoms with Gasteiger partial charge in [-0.05, 0) is 63.8 Å². The van der Waals surface area contributed by atoms with Crippen molar-refractivity contribution in [2.75, 3.05) is 26.7 Å². The molecule has 0 aromatic rings. The van der Waals surface area contributed by atoms with Crippen LogP contribution in [0.4, 0.5) is 4.79 Å². The average molecular weight is 445 g/mol. The van der Waals surface area contributed by atoms with Gasteiger partial charge in [-0.1, -0.05) is 12.8 Å². The van der Waals surface area contributed by atoms with Gasteiger partial charge in [-0.25, -0.2) is 4.79 Å². The van der Waals surface area contributed by atoms with Crippen molar-refractivity contribution < 1.29 is 19.1 Å². The summed E-state index contributed by atoms with van der Waals surface area (Å²) in [5.74, 6) is -0.241. The number of hydrogen-bond acceptors (Lipinski definition) is 6. The molecule has 0 bridgehead atoms. The maximum absolute atomic E-state index is 13.3. The van der Waals surface area contributed by atoms with E-state index in [2.05, 4.69) is 23.3 Å². The Morgan fingerprint density at radius 2 is 1.94 bits per heavy atom. The fraction of sp³-hybridized carbons (Fsp3) is 0.833. The van der Waals surface area contributed by atoms with Crippen LogP contribution in [0.15, 0.2) is 0 Å². The van der Waals surface area contributed by atoms with Crippen molar-refractivity contribution in [3.05, 3.63) is 0 Å². The number of ether oxygens (including phenoxy) is 1. The van der Waals surface area contributed by atoms with E-state index in [1.165, 1.54) is 0 Å². The molecular weight excluding hydrogens is 408 g/mol. The summed E-state index contributed by atoms with van der Waals surface area (Å²) in [6.07, 6.45) is 8.60. The number of carbonyl (C=O) groups is 3. The third kappa shape index (κ3) is 5.09. The fourth-order valence-corrected chi connectivity index (χ4v) is 6.12. The van der Waals surface area contributed by atoms with Crippen LogP contribution in [0, 0.1) is 22.7 Å². The van der Waals surface area contributed by atoms with Gasteiger partial charge in [0.1, 0.15) is 24.0 Å². The molecule has 32 heavy (non-hydrogen) atoms. The largest absolute Gasteiger partial charge is 0.446 e. The van der Waals surface area contributed by atoms with E-state index in [0.29, 0.717) is 25.8 Å². The summed E-state index contributed by atoms with van der Waals surface area (Å²) < 4.78 is 5.83. The Bertz CT molecular complexity index is 764. The Kier molecular flexibility index (Phi) is 7.04. The van der Waals surface area contributed by atoms with E-state index < -0.39 is 18.2 Å². The van der Waals surface area contributed by atoms with E-state index in [4.69, 9.17) is 4.74 Å². The molecule has 2 saturated carbocycles. The lowest BCUT2D eigenvalue weighted by molar-refractivity contribution is -0.126. The molecule has 2 aliphatic carbocycles. The molecule has 1 spiro atoms.